The number of pyridine rings is 1. The topological polar surface area (TPSA) is 86.5 Å². The van der Waals surface area contributed by atoms with Gasteiger partial charge in [-0.3, -0.25) is 9.59 Å². The smallest absolute Gasteiger partial charge is 0.255 e. The maximum atomic E-state index is 13.3. The molecule has 7 nitrogen and oxygen atoms in total. The Hall–Kier alpha value is -3.05. The molecule has 1 aliphatic carbocycles. The summed E-state index contributed by atoms with van der Waals surface area (Å²) < 4.78 is 5.20. The number of nitrogens with zero attached hydrogens (tertiary/aromatic N) is 4. The molecule has 1 saturated heterocycles. The lowest BCUT2D eigenvalue weighted by atomic mass is 10.1. The van der Waals surface area contributed by atoms with Gasteiger partial charge in [-0.1, -0.05) is 6.07 Å². The van der Waals surface area contributed by atoms with Crippen LogP contribution in [-0.4, -0.2) is 66.1 Å². The molecule has 31 heavy (non-hydrogen) atoms. The van der Waals surface area contributed by atoms with E-state index in [1.54, 1.807) is 47.2 Å². The van der Waals surface area contributed by atoms with E-state index < -0.39 is 0 Å². The molecule has 0 spiro atoms. The average molecular weight is 437 g/mol. The highest BCUT2D eigenvalue weighted by Crippen LogP contribution is 2.40. The van der Waals surface area contributed by atoms with Crippen molar-refractivity contribution in [3.8, 4) is 11.8 Å². The van der Waals surface area contributed by atoms with Crippen LogP contribution in [0, 0.1) is 11.3 Å². The zero-order valence-electron chi connectivity index (χ0n) is 17.6. The minimum absolute atomic E-state index is 0.0756. The molecule has 0 N–H and O–H groups in total. The van der Waals surface area contributed by atoms with E-state index in [9.17, 15) is 14.9 Å². The third-order valence-corrected chi connectivity index (χ3v) is 6.39. The van der Waals surface area contributed by atoms with E-state index in [1.807, 2.05) is 6.26 Å². The van der Waals surface area contributed by atoms with Gasteiger partial charge >= 0.3 is 0 Å². The van der Waals surface area contributed by atoms with Gasteiger partial charge in [0.2, 0.25) is 0 Å². The molecule has 2 aliphatic rings. The number of ether oxygens (including phenoxy) is 1. The predicted octanol–water partition coefficient (Wildman–Crippen LogP) is 3.16. The molecule has 1 aromatic heterocycles. The van der Waals surface area contributed by atoms with Gasteiger partial charge < -0.3 is 14.5 Å². The summed E-state index contributed by atoms with van der Waals surface area (Å²) in [6.45, 7) is 1.74. The number of thioether (sulfide) groups is 1. The molecular formula is C23H24N4O3S. The molecule has 0 radical (unpaired) electrons. The zero-order valence-corrected chi connectivity index (χ0v) is 18.4. The largest absolute Gasteiger partial charge is 0.497 e. The summed E-state index contributed by atoms with van der Waals surface area (Å²) in [4.78, 5) is 34.2. The van der Waals surface area contributed by atoms with Crippen LogP contribution in [0.2, 0.25) is 0 Å². The molecule has 160 valence electrons. The Kier molecular flexibility index (Phi) is 6.14. The number of methoxy groups -OCH3 is 1. The van der Waals surface area contributed by atoms with E-state index in [-0.39, 0.29) is 11.8 Å². The Balaban J connectivity index is 1.49. The summed E-state index contributed by atoms with van der Waals surface area (Å²) in [6, 6.07) is 11.0. The van der Waals surface area contributed by atoms with E-state index >= 15 is 0 Å². The maximum Gasteiger partial charge on any atom is 0.255 e. The summed E-state index contributed by atoms with van der Waals surface area (Å²) in [7, 11) is 1.57. The van der Waals surface area contributed by atoms with E-state index in [0.717, 1.165) is 18.5 Å². The van der Waals surface area contributed by atoms with Crippen molar-refractivity contribution >= 4 is 23.6 Å². The SMILES string of the molecule is COc1cccc(C(=O)N2CCN(C(=O)c3cc(C4CC4)nc(SC)c3C#N)CC2)c1. The van der Waals surface area contributed by atoms with Crippen molar-refractivity contribution in [2.75, 3.05) is 39.5 Å². The van der Waals surface area contributed by atoms with Crippen molar-refractivity contribution in [1.29, 1.82) is 5.26 Å². The Labute approximate surface area is 186 Å². The van der Waals surface area contributed by atoms with Crippen molar-refractivity contribution in [1.82, 2.24) is 14.8 Å². The molecule has 4 rings (SSSR count). The molecule has 2 fully saturated rings. The number of rotatable bonds is 5. The van der Waals surface area contributed by atoms with E-state index in [2.05, 4.69) is 11.1 Å². The molecule has 8 heteroatoms. The first-order chi connectivity index (χ1) is 15.0. The molecular weight excluding hydrogens is 412 g/mol. The lowest BCUT2D eigenvalue weighted by Gasteiger charge is -2.35. The summed E-state index contributed by atoms with van der Waals surface area (Å²) in [5.74, 6) is 0.790. The molecule has 0 bridgehead atoms. The fourth-order valence-electron chi connectivity index (χ4n) is 3.77. The third kappa shape index (κ3) is 4.37. The number of carbonyl (C=O) groups is 2. The molecule has 2 heterocycles. The Morgan fingerprint density at radius 1 is 1.13 bits per heavy atom. The molecule has 2 aromatic rings. The van der Waals surface area contributed by atoms with Crippen LogP contribution in [0.5, 0.6) is 5.75 Å². The minimum Gasteiger partial charge on any atom is -0.497 e. The third-order valence-electron chi connectivity index (χ3n) is 5.71. The van der Waals surface area contributed by atoms with Crippen LogP contribution in [0.15, 0.2) is 35.4 Å². The van der Waals surface area contributed by atoms with Crippen molar-refractivity contribution < 1.29 is 14.3 Å². The van der Waals surface area contributed by atoms with E-state index in [0.29, 0.717) is 59.6 Å². The van der Waals surface area contributed by atoms with Crippen LogP contribution in [-0.2, 0) is 0 Å². The fourth-order valence-corrected chi connectivity index (χ4v) is 4.33. The summed E-state index contributed by atoms with van der Waals surface area (Å²) >= 11 is 1.39. The first-order valence-corrected chi connectivity index (χ1v) is 11.5. The normalized spacial score (nSPS) is 16.0. The summed E-state index contributed by atoms with van der Waals surface area (Å²) in [5, 5.41) is 10.3. The van der Waals surface area contributed by atoms with Crippen molar-refractivity contribution in [2.24, 2.45) is 0 Å². The lowest BCUT2D eigenvalue weighted by Crippen LogP contribution is -2.50. The first-order valence-electron chi connectivity index (χ1n) is 10.3. The number of amides is 2. The highest BCUT2D eigenvalue weighted by atomic mass is 32.2. The first kappa shape index (κ1) is 21.2. The van der Waals surface area contributed by atoms with Gasteiger partial charge in [0.1, 0.15) is 16.8 Å². The number of hydrogen-bond donors (Lipinski definition) is 0. The zero-order chi connectivity index (χ0) is 22.0. The number of benzene rings is 1. The molecule has 1 aliphatic heterocycles. The van der Waals surface area contributed by atoms with E-state index in [1.165, 1.54) is 11.8 Å². The van der Waals surface area contributed by atoms with Crippen molar-refractivity contribution in [2.45, 2.75) is 23.8 Å². The van der Waals surface area contributed by atoms with Gasteiger partial charge in [0, 0.05) is 43.4 Å². The van der Waals surface area contributed by atoms with Gasteiger partial charge in [0.15, 0.2) is 0 Å². The minimum atomic E-state index is -0.162. The number of carbonyl (C=O) groups excluding carboxylic acids is 2. The maximum absolute atomic E-state index is 13.3. The van der Waals surface area contributed by atoms with Crippen LogP contribution in [0.25, 0.3) is 0 Å². The lowest BCUT2D eigenvalue weighted by molar-refractivity contribution is 0.0535. The Bertz CT molecular complexity index is 1050. The van der Waals surface area contributed by atoms with Crippen LogP contribution in [0.3, 0.4) is 0 Å². The average Bonchev–Trinajstić information content (AvgIpc) is 3.68. The second kappa shape index (κ2) is 8.98. The quantitative estimate of drug-likeness (QED) is 0.669. The van der Waals surface area contributed by atoms with Crippen LogP contribution in [0.1, 0.15) is 50.7 Å². The van der Waals surface area contributed by atoms with E-state index in [4.69, 9.17) is 4.74 Å². The fraction of sp³-hybridized carbons (Fsp3) is 0.391. The Morgan fingerprint density at radius 3 is 2.39 bits per heavy atom. The van der Waals surface area contributed by atoms with Gasteiger partial charge in [0.05, 0.1) is 18.2 Å². The number of nitriles is 1. The summed E-state index contributed by atoms with van der Waals surface area (Å²) in [6.07, 6.45) is 4.02. The molecule has 1 saturated carbocycles. The van der Waals surface area contributed by atoms with Gasteiger partial charge in [-0.2, -0.15) is 5.26 Å². The van der Waals surface area contributed by atoms with Crippen molar-refractivity contribution in [3.63, 3.8) is 0 Å². The second-order valence-electron chi connectivity index (χ2n) is 7.68. The molecule has 2 amide bonds. The van der Waals surface area contributed by atoms with Crippen molar-refractivity contribution in [3.05, 3.63) is 52.7 Å². The molecule has 0 atom stereocenters. The monoisotopic (exact) mass is 436 g/mol. The number of piperazine rings is 1. The highest BCUT2D eigenvalue weighted by Gasteiger charge is 2.31. The van der Waals surface area contributed by atoms with Crippen LogP contribution >= 0.6 is 11.8 Å². The Morgan fingerprint density at radius 2 is 1.81 bits per heavy atom. The molecule has 0 unspecified atom stereocenters. The highest BCUT2D eigenvalue weighted by molar-refractivity contribution is 7.98. The molecule has 1 aromatic carbocycles. The van der Waals surface area contributed by atoms with Gasteiger partial charge in [-0.15, -0.1) is 11.8 Å². The van der Waals surface area contributed by atoms with Crippen LogP contribution in [0.4, 0.5) is 0 Å². The predicted molar refractivity (Wildman–Crippen MR) is 118 cm³/mol. The second-order valence-corrected chi connectivity index (χ2v) is 8.48. The van der Waals surface area contributed by atoms with Gasteiger partial charge in [-0.25, -0.2) is 4.98 Å². The number of hydrogen-bond acceptors (Lipinski definition) is 6. The van der Waals surface area contributed by atoms with Gasteiger partial charge in [0.25, 0.3) is 11.8 Å². The number of aromatic nitrogens is 1. The van der Waals surface area contributed by atoms with Crippen LogP contribution < -0.4 is 4.74 Å². The van der Waals surface area contributed by atoms with Gasteiger partial charge in [-0.05, 0) is 43.4 Å². The standard InChI is InChI=1S/C23H24N4O3S/c1-30-17-5-3-4-16(12-17)22(28)26-8-10-27(11-9-26)23(29)18-13-20(15-6-7-15)25-21(31-2)19(18)14-24/h3-5,12-13,15H,6-11H2,1-2H3. The summed E-state index contributed by atoms with van der Waals surface area (Å²) in [5.41, 5.74) is 2.24.